The Kier molecular flexibility index (Phi) is 7.99. The Balaban J connectivity index is 0.000000367. The number of aromatic nitrogens is 3. The van der Waals surface area contributed by atoms with Crippen LogP contribution in [-0.2, 0) is 16.9 Å². The molecule has 4 rings (SSSR count). The molecule has 1 fully saturated rings. The molecule has 3 aromatic rings. The van der Waals surface area contributed by atoms with E-state index in [-0.39, 0.29) is 5.75 Å². The molecule has 162 valence electrons. The maximum atomic E-state index is 12.7. The van der Waals surface area contributed by atoms with E-state index in [2.05, 4.69) is 15.0 Å². The molecule has 2 heterocycles. The fourth-order valence-corrected chi connectivity index (χ4v) is 4.77. The van der Waals surface area contributed by atoms with Crippen molar-refractivity contribution in [3.05, 3.63) is 41.2 Å². The summed E-state index contributed by atoms with van der Waals surface area (Å²) in [5, 5.41) is 0.430. The number of aromatic amines is 1. The normalized spacial score (nSPS) is 14.7. The molecule has 30 heavy (non-hydrogen) atoms. The van der Waals surface area contributed by atoms with Gasteiger partial charge in [-0.3, -0.25) is 9.97 Å². The van der Waals surface area contributed by atoms with Crippen molar-refractivity contribution in [2.45, 2.75) is 63.3 Å². The predicted molar refractivity (Wildman–Crippen MR) is 121 cm³/mol. The lowest BCUT2D eigenvalue weighted by Gasteiger charge is -2.13. The number of nitrogens with one attached hydrogen (secondary N) is 1. The monoisotopic (exact) mass is 429 g/mol. The van der Waals surface area contributed by atoms with Gasteiger partial charge in [-0.15, -0.1) is 0 Å². The number of rotatable bonds is 5. The average molecular weight is 430 g/mol. The second-order valence-electron chi connectivity index (χ2n) is 7.58. The number of nitrogens with zero attached hydrogens (tertiary/aromatic N) is 2. The molecule has 1 aromatic carbocycles. The largest absolute Gasteiger partial charge is 0.609 e. The van der Waals surface area contributed by atoms with E-state index in [1.165, 1.54) is 38.5 Å². The molecule has 7 heteroatoms. The Morgan fingerprint density at radius 3 is 2.30 bits per heavy atom. The molecule has 0 bridgehead atoms. The van der Waals surface area contributed by atoms with Gasteiger partial charge in [0.1, 0.15) is 11.5 Å². The van der Waals surface area contributed by atoms with Crippen LogP contribution in [0.4, 0.5) is 0 Å². The molecule has 0 spiro atoms. The molecule has 0 saturated heterocycles. The van der Waals surface area contributed by atoms with E-state index in [0.717, 1.165) is 39.4 Å². The Morgan fingerprint density at radius 1 is 1.03 bits per heavy atom. The zero-order valence-electron chi connectivity index (χ0n) is 18.3. The lowest BCUT2D eigenvalue weighted by Crippen LogP contribution is -2.10. The van der Waals surface area contributed by atoms with Crippen LogP contribution in [0.5, 0.6) is 11.5 Å². The van der Waals surface area contributed by atoms with E-state index >= 15 is 0 Å². The van der Waals surface area contributed by atoms with Gasteiger partial charge in [0.05, 0.1) is 30.9 Å². The highest BCUT2D eigenvalue weighted by Crippen LogP contribution is 2.27. The summed E-state index contributed by atoms with van der Waals surface area (Å²) in [5.74, 6) is 1.79. The van der Waals surface area contributed by atoms with Gasteiger partial charge in [-0.25, -0.2) is 0 Å². The second-order valence-corrected chi connectivity index (χ2v) is 8.95. The van der Waals surface area contributed by atoms with E-state index in [9.17, 15) is 4.55 Å². The number of methoxy groups -OCH3 is 2. The summed E-state index contributed by atoms with van der Waals surface area (Å²) in [6.07, 6.45) is 10.7. The van der Waals surface area contributed by atoms with Crippen LogP contribution in [0.25, 0.3) is 11.0 Å². The number of aryl methyl sites for hydroxylation is 1. The highest BCUT2D eigenvalue weighted by Gasteiger charge is 2.21. The van der Waals surface area contributed by atoms with Gasteiger partial charge in [0.15, 0.2) is 5.75 Å². The molecule has 1 saturated carbocycles. The van der Waals surface area contributed by atoms with Gasteiger partial charge >= 0.3 is 5.16 Å². The van der Waals surface area contributed by atoms with Crippen molar-refractivity contribution < 1.29 is 14.0 Å². The molecular formula is C23H31N3O3S. The van der Waals surface area contributed by atoms with Crippen LogP contribution in [-0.4, -0.2) is 33.7 Å². The van der Waals surface area contributed by atoms with Crippen LogP contribution < -0.4 is 9.47 Å². The third-order valence-corrected chi connectivity index (χ3v) is 6.56. The first kappa shape index (κ1) is 22.4. The first-order valence-electron chi connectivity index (χ1n) is 10.4. The number of hydrogen-bond donors (Lipinski definition) is 1. The minimum absolute atomic E-state index is 0.277. The summed E-state index contributed by atoms with van der Waals surface area (Å²) in [6, 6.07) is 5.50. The molecule has 0 radical (unpaired) electrons. The zero-order chi connectivity index (χ0) is 21.5. The van der Waals surface area contributed by atoms with Gasteiger partial charge in [-0.2, -0.15) is 4.98 Å². The number of ether oxygens (including phenoxy) is 2. The Hall–Kier alpha value is -2.25. The van der Waals surface area contributed by atoms with E-state index in [1.807, 2.05) is 32.0 Å². The summed E-state index contributed by atoms with van der Waals surface area (Å²) < 4.78 is 23.3. The Morgan fingerprint density at radius 2 is 1.70 bits per heavy atom. The fourth-order valence-electron chi connectivity index (χ4n) is 3.67. The lowest BCUT2D eigenvalue weighted by atomic mass is 10.0. The maximum Gasteiger partial charge on any atom is 0.322 e. The first-order valence-corrected chi connectivity index (χ1v) is 11.8. The lowest BCUT2D eigenvalue weighted by molar-refractivity contribution is 0.407. The van der Waals surface area contributed by atoms with Crippen LogP contribution in [0.2, 0.25) is 0 Å². The van der Waals surface area contributed by atoms with E-state index < -0.39 is 11.2 Å². The molecular weight excluding hydrogens is 398 g/mol. The van der Waals surface area contributed by atoms with Crippen molar-refractivity contribution in [2.24, 2.45) is 0 Å². The highest BCUT2D eigenvalue weighted by atomic mass is 32.2. The zero-order valence-corrected chi connectivity index (χ0v) is 19.1. The molecule has 0 aliphatic heterocycles. The van der Waals surface area contributed by atoms with Gasteiger partial charge < -0.3 is 14.0 Å². The fraction of sp³-hybridized carbons (Fsp3) is 0.478. The summed E-state index contributed by atoms with van der Waals surface area (Å²) in [5.41, 5.74) is 4.16. The van der Waals surface area contributed by atoms with Gasteiger partial charge in [-0.1, -0.05) is 38.5 Å². The number of hydrogen-bond acceptors (Lipinski definition) is 5. The van der Waals surface area contributed by atoms with Crippen LogP contribution in [0, 0.1) is 13.8 Å². The van der Waals surface area contributed by atoms with Gasteiger partial charge in [0.25, 0.3) is 0 Å². The minimum Gasteiger partial charge on any atom is -0.609 e. The van der Waals surface area contributed by atoms with Crippen LogP contribution >= 0.6 is 0 Å². The van der Waals surface area contributed by atoms with Crippen LogP contribution in [0.1, 0.15) is 55.3 Å². The Bertz CT molecular complexity index is 958. The highest BCUT2D eigenvalue weighted by molar-refractivity contribution is 7.90. The van der Waals surface area contributed by atoms with Crippen LogP contribution in [0.3, 0.4) is 0 Å². The number of H-pyrrole nitrogens is 1. The molecule has 0 amide bonds. The van der Waals surface area contributed by atoms with Gasteiger partial charge in [-0.05, 0) is 26.0 Å². The summed E-state index contributed by atoms with van der Waals surface area (Å²) in [7, 11) is 3.23. The molecule has 0 unspecified atom stereocenters. The van der Waals surface area contributed by atoms with Gasteiger partial charge in [0, 0.05) is 34.6 Å². The molecule has 1 aliphatic carbocycles. The number of benzene rings is 1. The predicted octanol–water partition coefficient (Wildman–Crippen LogP) is 5.24. The van der Waals surface area contributed by atoms with Crippen LogP contribution in [0.15, 0.2) is 29.6 Å². The number of pyridine rings is 1. The Labute approximate surface area is 181 Å². The van der Waals surface area contributed by atoms with Crippen molar-refractivity contribution in [3.8, 4) is 11.5 Å². The third-order valence-electron chi connectivity index (χ3n) is 5.40. The molecule has 2 aromatic heterocycles. The molecule has 1 atom stereocenters. The average Bonchev–Trinajstić information content (AvgIpc) is 3.21. The summed E-state index contributed by atoms with van der Waals surface area (Å²) in [6.45, 7) is 3.86. The molecule has 1 N–H and O–H groups in total. The van der Waals surface area contributed by atoms with E-state index in [1.54, 1.807) is 20.4 Å². The van der Waals surface area contributed by atoms with E-state index in [4.69, 9.17) is 9.47 Å². The SMILES string of the molecule is C1CCCCC1.COc1ccc2nc([S@@+]([O-])Cc3ncc(C)c(OC)c3C)[nH]c2c1. The minimum atomic E-state index is -1.33. The number of imidazole rings is 1. The topological polar surface area (TPSA) is 83.1 Å². The second kappa shape index (κ2) is 10.7. The standard InChI is InChI=1S/C17H19N3O3S.C6H12/c1-10-8-18-15(11(2)16(10)23-4)9-24(21)17-19-13-6-5-12(22-3)7-14(13)20-17;1-2-4-6-5-3-1/h5-8H,9H2,1-4H3,(H,19,20);1-6H2/t24-;/m0./s1. The van der Waals surface area contributed by atoms with E-state index in [0.29, 0.717) is 5.16 Å². The van der Waals surface area contributed by atoms with Crippen molar-refractivity contribution in [1.29, 1.82) is 0 Å². The smallest absolute Gasteiger partial charge is 0.322 e. The first-order chi connectivity index (χ1) is 14.5. The summed E-state index contributed by atoms with van der Waals surface area (Å²) >= 11 is -1.33. The van der Waals surface area contributed by atoms with Gasteiger partial charge in [0.2, 0.25) is 0 Å². The third kappa shape index (κ3) is 5.46. The maximum absolute atomic E-state index is 12.7. The van der Waals surface area contributed by atoms with Crippen molar-refractivity contribution in [3.63, 3.8) is 0 Å². The molecule has 6 nitrogen and oxygen atoms in total. The van der Waals surface area contributed by atoms with Crippen molar-refractivity contribution in [2.75, 3.05) is 14.2 Å². The quantitative estimate of drug-likeness (QED) is 0.561. The van der Waals surface area contributed by atoms with Crippen molar-refractivity contribution in [1.82, 2.24) is 15.0 Å². The molecule has 1 aliphatic rings. The number of fused-ring (bicyclic) bond motifs is 1. The summed E-state index contributed by atoms with van der Waals surface area (Å²) in [4.78, 5) is 11.9. The van der Waals surface area contributed by atoms with Crippen molar-refractivity contribution >= 4 is 22.2 Å².